The lowest BCUT2D eigenvalue weighted by Crippen LogP contribution is -2.45. The molecular weight excluding hydrogens is 326 g/mol. The average molecular weight is 357 g/mol. The smallest absolute Gasteiger partial charge is 0.242 e. The maximum Gasteiger partial charge on any atom is 0.242 e. The first kappa shape index (κ1) is 18.7. The molecule has 2 aliphatic rings. The van der Waals surface area contributed by atoms with Gasteiger partial charge in [0.15, 0.2) is 0 Å². The van der Waals surface area contributed by atoms with E-state index in [1.807, 2.05) is 24.2 Å². The lowest BCUT2D eigenvalue weighted by molar-refractivity contribution is -0.143. The van der Waals surface area contributed by atoms with Crippen LogP contribution in [0.15, 0.2) is 31.0 Å². The summed E-state index contributed by atoms with van der Waals surface area (Å²) < 4.78 is 2.05. The van der Waals surface area contributed by atoms with Gasteiger partial charge in [0.2, 0.25) is 11.8 Å². The van der Waals surface area contributed by atoms with Crippen molar-refractivity contribution in [2.45, 2.75) is 57.5 Å². The first-order valence-electron chi connectivity index (χ1n) is 9.89. The van der Waals surface area contributed by atoms with Gasteiger partial charge in [-0.3, -0.25) is 9.59 Å². The van der Waals surface area contributed by atoms with Crippen molar-refractivity contribution in [2.75, 3.05) is 13.1 Å². The van der Waals surface area contributed by atoms with Crippen molar-refractivity contribution in [1.82, 2.24) is 14.4 Å². The number of nitrogens with zero attached hydrogens (tertiary/aromatic N) is 3. The van der Waals surface area contributed by atoms with E-state index in [1.54, 1.807) is 11.0 Å². The van der Waals surface area contributed by atoms with Gasteiger partial charge in [0.1, 0.15) is 6.54 Å². The van der Waals surface area contributed by atoms with Crippen molar-refractivity contribution in [3.63, 3.8) is 0 Å². The highest BCUT2D eigenvalue weighted by Crippen LogP contribution is 2.29. The Morgan fingerprint density at radius 1 is 1.23 bits per heavy atom. The molecule has 0 N–H and O–H groups in total. The van der Waals surface area contributed by atoms with Gasteiger partial charge in [-0.05, 0) is 37.8 Å². The summed E-state index contributed by atoms with van der Waals surface area (Å²) in [6, 6.07) is 4.38. The van der Waals surface area contributed by atoms with E-state index in [2.05, 4.69) is 17.2 Å². The van der Waals surface area contributed by atoms with E-state index < -0.39 is 0 Å². The standard InChI is InChI=1S/C21H31N3O2/c1-3-13-23(21(26)17-8-5-4-6-9-17)16-20(25)24(18-11-12-18)15-19-10-7-14-22(19)2/h3,7,10,14,17-18H,1,4-6,8-9,11-13,15-16H2,2H3. The van der Waals surface area contributed by atoms with Gasteiger partial charge >= 0.3 is 0 Å². The van der Waals surface area contributed by atoms with Gasteiger partial charge in [0.25, 0.3) is 0 Å². The second-order valence-corrected chi connectivity index (χ2v) is 7.71. The molecule has 0 spiro atoms. The molecule has 0 unspecified atom stereocenters. The van der Waals surface area contributed by atoms with Gasteiger partial charge in [-0.1, -0.05) is 25.3 Å². The number of aryl methyl sites for hydroxylation is 1. The number of hydrogen-bond donors (Lipinski definition) is 0. The lowest BCUT2D eigenvalue weighted by Gasteiger charge is -2.31. The van der Waals surface area contributed by atoms with Crippen LogP contribution in [0.5, 0.6) is 0 Å². The quantitative estimate of drug-likeness (QED) is 0.671. The summed E-state index contributed by atoms with van der Waals surface area (Å²) in [5, 5.41) is 0. The molecule has 0 saturated heterocycles. The SMILES string of the molecule is C=CCN(CC(=O)N(Cc1cccn1C)C1CC1)C(=O)C1CCCCC1. The normalized spacial score (nSPS) is 17.7. The summed E-state index contributed by atoms with van der Waals surface area (Å²) >= 11 is 0. The lowest BCUT2D eigenvalue weighted by atomic mass is 9.88. The van der Waals surface area contributed by atoms with Gasteiger partial charge in [-0.2, -0.15) is 0 Å². The Morgan fingerprint density at radius 3 is 2.54 bits per heavy atom. The predicted octanol–water partition coefficient (Wildman–Crippen LogP) is 3.11. The van der Waals surface area contributed by atoms with Crippen molar-refractivity contribution < 1.29 is 9.59 Å². The van der Waals surface area contributed by atoms with E-state index in [0.717, 1.165) is 44.2 Å². The molecule has 2 amide bonds. The molecule has 5 heteroatoms. The molecular formula is C21H31N3O2. The molecule has 2 saturated carbocycles. The topological polar surface area (TPSA) is 45.6 Å². The molecule has 5 nitrogen and oxygen atoms in total. The molecule has 0 bridgehead atoms. The Kier molecular flexibility index (Phi) is 6.17. The minimum absolute atomic E-state index is 0.0553. The Hall–Kier alpha value is -2.04. The number of aromatic nitrogens is 1. The summed E-state index contributed by atoms with van der Waals surface area (Å²) in [7, 11) is 2.00. The van der Waals surface area contributed by atoms with Gasteiger partial charge in [-0.25, -0.2) is 0 Å². The second-order valence-electron chi connectivity index (χ2n) is 7.71. The van der Waals surface area contributed by atoms with Gasteiger partial charge < -0.3 is 14.4 Å². The summed E-state index contributed by atoms with van der Waals surface area (Å²) in [5.41, 5.74) is 1.12. The zero-order valence-electron chi connectivity index (χ0n) is 15.9. The molecule has 0 aromatic carbocycles. The third-order valence-corrected chi connectivity index (χ3v) is 5.63. The molecule has 1 aromatic heterocycles. The van der Waals surface area contributed by atoms with Crippen LogP contribution in [0.2, 0.25) is 0 Å². The van der Waals surface area contributed by atoms with Gasteiger partial charge in [-0.15, -0.1) is 6.58 Å². The molecule has 1 heterocycles. The molecule has 26 heavy (non-hydrogen) atoms. The zero-order valence-corrected chi connectivity index (χ0v) is 15.9. The maximum atomic E-state index is 13.0. The summed E-state index contributed by atoms with van der Waals surface area (Å²) in [5.74, 6) is 0.269. The first-order chi connectivity index (χ1) is 12.6. The van der Waals surface area contributed by atoms with E-state index >= 15 is 0 Å². The first-order valence-corrected chi connectivity index (χ1v) is 9.89. The highest BCUT2D eigenvalue weighted by molar-refractivity contribution is 5.86. The van der Waals surface area contributed by atoms with E-state index in [1.165, 1.54) is 6.42 Å². The third-order valence-electron chi connectivity index (χ3n) is 5.63. The van der Waals surface area contributed by atoms with E-state index in [4.69, 9.17) is 0 Å². The predicted molar refractivity (Wildman–Crippen MR) is 102 cm³/mol. The van der Waals surface area contributed by atoms with E-state index in [0.29, 0.717) is 19.1 Å². The average Bonchev–Trinajstić information content (AvgIpc) is 3.41. The number of amides is 2. The van der Waals surface area contributed by atoms with Crippen molar-refractivity contribution in [1.29, 1.82) is 0 Å². The van der Waals surface area contributed by atoms with Crippen molar-refractivity contribution in [2.24, 2.45) is 13.0 Å². The van der Waals surface area contributed by atoms with Crippen LogP contribution in [0.4, 0.5) is 0 Å². The summed E-state index contributed by atoms with van der Waals surface area (Å²) in [6.07, 6.45) is 11.2. The van der Waals surface area contributed by atoms with Crippen LogP contribution in [0, 0.1) is 5.92 Å². The van der Waals surface area contributed by atoms with Gasteiger partial charge in [0.05, 0.1) is 6.54 Å². The van der Waals surface area contributed by atoms with E-state index in [9.17, 15) is 9.59 Å². The van der Waals surface area contributed by atoms with Crippen LogP contribution in [0.25, 0.3) is 0 Å². The molecule has 0 atom stereocenters. The zero-order chi connectivity index (χ0) is 18.5. The number of rotatable bonds is 8. The Balaban J connectivity index is 1.66. The fraction of sp³-hybridized carbons (Fsp3) is 0.619. The van der Waals surface area contributed by atoms with Crippen molar-refractivity contribution in [3.05, 3.63) is 36.7 Å². The molecule has 0 aliphatic heterocycles. The Morgan fingerprint density at radius 2 is 1.96 bits per heavy atom. The van der Waals surface area contributed by atoms with Crippen LogP contribution >= 0.6 is 0 Å². The molecule has 142 valence electrons. The monoisotopic (exact) mass is 357 g/mol. The Labute approximate surface area is 156 Å². The van der Waals surface area contributed by atoms with Crippen molar-refractivity contribution in [3.8, 4) is 0 Å². The van der Waals surface area contributed by atoms with Crippen LogP contribution in [0.1, 0.15) is 50.6 Å². The minimum Gasteiger partial charge on any atom is -0.353 e. The second kappa shape index (κ2) is 8.56. The summed E-state index contributed by atoms with van der Waals surface area (Å²) in [6.45, 7) is 5.01. The van der Waals surface area contributed by atoms with Crippen molar-refractivity contribution >= 4 is 11.8 Å². The van der Waals surface area contributed by atoms with Gasteiger partial charge in [0, 0.05) is 37.4 Å². The summed E-state index contributed by atoms with van der Waals surface area (Å²) in [4.78, 5) is 29.6. The highest BCUT2D eigenvalue weighted by atomic mass is 16.2. The van der Waals surface area contributed by atoms with E-state index in [-0.39, 0.29) is 24.3 Å². The highest BCUT2D eigenvalue weighted by Gasteiger charge is 2.35. The Bertz CT molecular complexity index is 641. The molecule has 2 aliphatic carbocycles. The number of hydrogen-bond acceptors (Lipinski definition) is 2. The van der Waals surface area contributed by atoms with Crippen LogP contribution in [0.3, 0.4) is 0 Å². The molecule has 2 fully saturated rings. The fourth-order valence-electron chi connectivity index (χ4n) is 3.89. The number of carbonyl (C=O) groups is 2. The maximum absolute atomic E-state index is 13.0. The van der Waals surface area contributed by atoms with Crippen LogP contribution in [-0.4, -0.2) is 45.3 Å². The van der Waals surface area contributed by atoms with Crippen LogP contribution in [-0.2, 0) is 23.2 Å². The molecule has 3 rings (SSSR count). The fourth-order valence-corrected chi connectivity index (χ4v) is 3.89. The molecule has 0 radical (unpaired) electrons. The third kappa shape index (κ3) is 4.57. The van der Waals surface area contributed by atoms with Crippen LogP contribution < -0.4 is 0 Å². The number of carbonyl (C=O) groups excluding carboxylic acids is 2. The molecule has 1 aromatic rings. The largest absolute Gasteiger partial charge is 0.353 e. The minimum atomic E-state index is 0.0553.